The van der Waals surface area contributed by atoms with Crippen molar-refractivity contribution in [2.75, 3.05) is 48.6 Å². The van der Waals surface area contributed by atoms with E-state index in [0.29, 0.717) is 5.54 Å². The second-order valence-corrected chi connectivity index (χ2v) is 11.2. The first-order chi connectivity index (χ1) is 11.1. The van der Waals surface area contributed by atoms with Crippen molar-refractivity contribution in [3.05, 3.63) is 0 Å². The zero-order chi connectivity index (χ0) is 17.6. The molecule has 0 aliphatic rings. The molecule has 1 N–H and O–H groups in total. The van der Waals surface area contributed by atoms with E-state index in [-0.39, 0.29) is 0 Å². The molecular formula is C15H36NO5Si2. The van der Waals surface area contributed by atoms with Gasteiger partial charge < -0.3 is 27.4 Å². The zero-order valence-corrected chi connectivity index (χ0v) is 17.8. The van der Waals surface area contributed by atoms with Gasteiger partial charge in [-0.25, -0.2) is 0 Å². The van der Waals surface area contributed by atoms with Gasteiger partial charge in [0, 0.05) is 47.1 Å². The van der Waals surface area contributed by atoms with Crippen molar-refractivity contribution in [1.82, 2.24) is 5.32 Å². The average molecular weight is 367 g/mol. The highest BCUT2D eigenvalue weighted by atomic mass is 28.4. The topological polar surface area (TPSA) is 58.2 Å². The second kappa shape index (κ2) is 14.5. The highest BCUT2D eigenvalue weighted by Crippen LogP contribution is 2.17. The van der Waals surface area contributed by atoms with Crippen LogP contribution in [0.4, 0.5) is 0 Å². The van der Waals surface area contributed by atoms with E-state index >= 15 is 0 Å². The Hall–Kier alpha value is 0.194. The Morgan fingerprint density at radius 1 is 0.826 bits per heavy atom. The number of unbranched alkanes of at least 4 members (excludes halogenated alkanes) is 3. The van der Waals surface area contributed by atoms with Crippen molar-refractivity contribution >= 4 is 18.1 Å². The third-order valence-electron chi connectivity index (χ3n) is 4.08. The molecule has 139 valence electrons. The summed E-state index contributed by atoms with van der Waals surface area (Å²) in [6.07, 6.45) is 5.78. The Morgan fingerprint density at radius 2 is 1.39 bits per heavy atom. The Balaban J connectivity index is 3.53. The van der Waals surface area contributed by atoms with Gasteiger partial charge in [0.25, 0.3) is 0 Å². The second-order valence-electron chi connectivity index (χ2n) is 5.63. The number of nitrogens with one attached hydrogen (secondary N) is 1. The van der Waals surface area contributed by atoms with Gasteiger partial charge in [0.1, 0.15) is 0 Å². The molecule has 0 spiro atoms. The molecule has 0 aromatic carbocycles. The molecule has 0 aromatic rings. The molecule has 0 aliphatic heterocycles. The highest BCUT2D eigenvalue weighted by molar-refractivity contribution is 6.60. The Labute approximate surface area is 145 Å². The number of rotatable bonds is 16. The van der Waals surface area contributed by atoms with E-state index in [9.17, 15) is 0 Å². The van der Waals surface area contributed by atoms with Gasteiger partial charge >= 0.3 is 18.1 Å². The van der Waals surface area contributed by atoms with E-state index in [0.717, 1.165) is 32.0 Å². The lowest BCUT2D eigenvalue weighted by Crippen LogP contribution is -2.42. The van der Waals surface area contributed by atoms with Gasteiger partial charge in [0.15, 0.2) is 0 Å². The molecule has 0 aliphatic carbocycles. The highest BCUT2D eigenvalue weighted by Gasteiger charge is 2.36. The first-order valence-corrected chi connectivity index (χ1v) is 11.7. The van der Waals surface area contributed by atoms with Crippen LogP contribution in [0, 0.1) is 0 Å². The van der Waals surface area contributed by atoms with E-state index in [4.69, 9.17) is 22.1 Å². The molecule has 0 aromatic heterocycles. The lowest BCUT2D eigenvalue weighted by Gasteiger charge is -2.24. The lowest BCUT2D eigenvalue weighted by atomic mass is 10.2. The predicted octanol–water partition coefficient (Wildman–Crippen LogP) is 2.58. The van der Waals surface area contributed by atoms with E-state index in [1.807, 2.05) is 0 Å². The van der Waals surface area contributed by atoms with Crippen LogP contribution in [0.25, 0.3) is 0 Å². The minimum absolute atomic E-state index is 0.498. The molecule has 0 amide bonds. The molecule has 8 heteroatoms. The maximum Gasteiger partial charge on any atom is 0.500 e. The first-order valence-electron chi connectivity index (χ1n) is 8.40. The average Bonchev–Trinajstić information content (AvgIpc) is 2.58. The molecule has 0 saturated heterocycles. The van der Waals surface area contributed by atoms with Crippen molar-refractivity contribution in [2.24, 2.45) is 0 Å². The van der Waals surface area contributed by atoms with Crippen LogP contribution in [0.3, 0.4) is 0 Å². The van der Waals surface area contributed by atoms with Crippen LogP contribution in [0.1, 0.15) is 39.0 Å². The first kappa shape index (κ1) is 23.2. The normalized spacial score (nSPS) is 13.7. The van der Waals surface area contributed by atoms with E-state index in [1.54, 1.807) is 35.5 Å². The maximum absolute atomic E-state index is 5.42. The Morgan fingerprint density at radius 3 is 1.91 bits per heavy atom. The van der Waals surface area contributed by atoms with Gasteiger partial charge in [-0.1, -0.05) is 19.8 Å². The van der Waals surface area contributed by atoms with Gasteiger partial charge in [-0.2, -0.15) is 0 Å². The molecule has 1 radical (unpaired) electrons. The Kier molecular flexibility index (Phi) is 14.7. The van der Waals surface area contributed by atoms with Crippen LogP contribution in [0.15, 0.2) is 0 Å². The van der Waals surface area contributed by atoms with Crippen LogP contribution < -0.4 is 5.32 Å². The van der Waals surface area contributed by atoms with Crippen molar-refractivity contribution in [3.63, 3.8) is 0 Å². The van der Waals surface area contributed by atoms with Crippen molar-refractivity contribution < 1.29 is 22.1 Å². The van der Waals surface area contributed by atoms with Gasteiger partial charge in [-0.05, 0) is 32.4 Å². The molecule has 0 heterocycles. The van der Waals surface area contributed by atoms with E-state index in [2.05, 4.69) is 12.2 Å². The van der Waals surface area contributed by atoms with Crippen LogP contribution in [-0.2, 0) is 22.1 Å². The van der Waals surface area contributed by atoms with Crippen LogP contribution in [0.2, 0.25) is 11.6 Å². The molecule has 0 rings (SSSR count). The Bertz CT molecular complexity index is 258. The van der Waals surface area contributed by atoms with Crippen molar-refractivity contribution in [2.45, 2.75) is 50.6 Å². The fourth-order valence-corrected chi connectivity index (χ4v) is 5.70. The minimum atomic E-state index is -2.37. The van der Waals surface area contributed by atoms with E-state index in [1.165, 1.54) is 19.3 Å². The quantitative estimate of drug-likeness (QED) is 0.335. The van der Waals surface area contributed by atoms with Crippen molar-refractivity contribution in [1.29, 1.82) is 0 Å². The largest absolute Gasteiger partial charge is 0.500 e. The standard InChI is InChI=1S/C15H36NO5Si2/c1-15(22(17-2)18-3)11-13-16-12-9-7-8-10-14-23(19-4,20-5)21-6/h15-16H,7-14H2,1-6H3. The predicted molar refractivity (Wildman–Crippen MR) is 96.7 cm³/mol. The fraction of sp³-hybridized carbons (Fsp3) is 1.00. The zero-order valence-electron chi connectivity index (χ0n) is 15.8. The summed E-state index contributed by atoms with van der Waals surface area (Å²) >= 11 is 0. The van der Waals surface area contributed by atoms with Crippen LogP contribution in [-0.4, -0.2) is 66.7 Å². The smallest absolute Gasteiger partial charge is 0.397 e. The molecular weight excluding hydrogens is 330 g/mol. The molecule has 1 atom stereocenters. The van der Waals surface area contributed by atoms with Gasteiger partial charge in [-0.3, -0.25) is 0 Å². The maximum atomic E-state index is 5.42. The number of hydrogen-bond donors (Lipinski definition) is 1. The van der Waals surface area contributed by atoms with Gasteiger partial charge in [0.05, 0.1) is 0 Å². The molecule has 0 bridgehead atoms. The van der Waals surface area contributed by atoms with Crippen LogP contribution in [0.5, 0.6) is 0 Å². The lowest BCUT2D eigenvalue weighted by molar-refractivity contribution is 0.122. The van der Waals surface area contributed by atoms with Crippen molar-refractivity contribution in [3.8, 4) is 0 Å². The molecule has 1 unspecified atom stereocenters. The monoisotopic (exact) mass is 366 g/mol. The molecule has 0 saturated carbocycles. The molecule has 0 fully saturated rings. The molecule has 23 heavy (non-hydrogen) atoms. The minimum Gasteiger partial charge on any atom is -0.397 e. The summed E-state index contributed by atoms with van der Waals surface area (Å²) in [5, 5.41) is 3.50. The fourth-order valence-electron chi connectivity index (χ4n) is 2.55. The van der Waals surface area contributed by atoms with Gasteiger partial charge in [0.2, 0.25) is 0 Å². The third kappa shape index (κ3) is 9.93. The summed E-state index contributed by atoms with van der Waals surface area (Å²) in [4.78, 5) is 0. The SMILES string of the molecule is CO[Si](OC)C(C)CCNCCCCCC[Si](OC)(OC)OC. The van der Waals surface area contributed by atoms with Gasteiger partial charge in [-0.15, -0.1) is 0 Å². The summed E-state index contributed by atoms with van der Waals surface area (Å²) in [5.74, 6) is 0. The summed E-state index contributed by atoms with van der Waals surface area (Å²) in [7, 11) is 5.01. The summed E-state index contributed by atoms with van der Waals surface area (Å²) < 4.78 is 27.0. The summed E-state index contributed by atoms with van der Waals surface area (Å²) in [6.45, 7) is 4.28. The molecule has 6 nitrogen and oxygen atoms in total. The third-order valence-corrected chi connectivity index (χ3v) is 8.81. The van der Waals surface area contributed by atoms with E-state index < -0.39 is 18.1 Å². The summed E-state index contributed by atoms with van der Waals surface area (Å²) in [6, 6.07) is 0.889. The van der Waals surface area contributed by atoms with Crippen LogP contribution >= 0.6 is 0 Å². The number of hydrogen-bond acceptors (Lipinski definition) is 6. The summed E-state index contributed by atoms with van der Waals surface area (Å²) in [5.41, 5.74) is 0.498.